The van der Waals surface area contributed by atoms with Gasteiger partial charge in [0.2, 0.25) is 5.01 Å². The Morgan fingerprint density at radius 2 is 1.86 bits per heavy atom. The molecule has 0 radical (unpaired) electrons. The largest absolute Gasteiger partial charge is 0.486 e. The van der Waals surface area contributed by atoms with Crippen molar-refractivity contribution in [2.75, 3.05) is 18.5 Å². The van der Waals surface area contributed by atoms with Gasteiger partial charge in [-0.25, -0.2) is 0 Å². The minimum absolute atomic E-state index is 0.215. The molecule has 2 heterocycles. The highest BCUT2D eigenvalue weighted by atomic mass is 35.5. The number of carbonyl (C=O) groups excluding carboxylic acids is 1. The van der Waals surface area contributed by atoms with Crippen LogP contribution in [0.15, 0.2) is 36.4 Å². The summed E-state index contributed by atoms with van der Waals surface area (Å²) < 4.78 is 11.1. The standard InChI is InChI=1S/C20H15Cl2N3O3S/c1-11-2-4-13(5-3-11)23-18(26)20-25-24-19(29-20)15(22)9-12-8-14(21)17-16(10-12)27-6-7-28-17/h2-5,8-10H,6-7H2,1H3,(H,23,26)/b15-9-. The fourth-order valence-corrected chi connectivity index (χ4v) is 3.85. The van der Waals surface area contributed by atoms with Crippen LogP contribution in [-0.4, -0.2) is 29.3 Å². The summed E-state index contributed by atoms with van der Waals surface area (Å²) in [6.07, 6.45) is 1.69. The summed E-state index contributed by atoms with van der Waals surface area (Å²) in [7, 11) is 0. The van der Waals surface area contributed by atoms with Crippen molar-refractivity contribution >= 4 is 57.2 Å². The van der Waals surface area contributed by atoms with Gasteiger partial charge in [0.1, 0.15) is 13.2 Å². The molecule has 3 aromatic rings. The molecule has 9 heteroatoms. The number of fused-ring (bicyclic) bond motifs is 1. The lowest BCUT2D eigenvalue weighted by Crippen LogP contribution is -2.15. The fraction of sp³-hybridized carbons (Fsp3) is 0.150. The number of hydrogen-bond donors (Lipinski definition) is 1. The first-order chi connectivity index (χ1) is 14.0. The number of benzene rings is 2. The summed E-state index contributed by atoms with van der Waals surface area (Å²) in [6.45, 7) is 2.90. The van der Waals surface area contributed by atoms with E-state index in [1.54, 1.807) is 18.2 Å². The third-order valence-corrected chi connectivity index (χ3v) is 5.68. The Kier molecular flexibility index (Phi) is 5.71. The third kappa shape index (κ3) is 4.53. The molecule has 2 aromatic carbocycles. The highest BCUT2D eigenvalue weighted by Gasteiger charge is 2.18. The minimum Gasteiger partial charge on any atom is -0.486 e. The number of nitrogens with zero attached hydrogens (tertiary/aromatic N) is 2. The Labute approximate surface area is 181 Å². The number of aromatic nitrogens is 2. The van der Waals surface area contributed by atoms with Crippen LogP contribution in [-0.2, 0) is 0 Å². The van der Waals surface area contributed by atoms with Gasteiger partial charge in [0.25, 0.3) is 5.91 Å². The van der Waals surface area contributed by atoms with Gasteiger partial charge < -0.3 is 14.8 Å². The lowest BCUT2D eigenvalue weighted by Gasteiger charge is -2.19. The van der Waals surface area contributed by atoms with Gasteiger partial charge in [-0.2, -0.15) is 0 Å². The predicted octanol–water partition coefficient (Wildman–Crippen LogP) is 5.26. The Bertz CT molecular complexity index is 1100. The van der Waals surface area contributed by atoms with E-state index in [4.69, 9.17) is 32.7 Å². The van der Waals surface area contributed by atoms with E-state index >= 15 is 0 Å². The molecule has 0 saturated carbocycles. The molecule has 0 aliphatic carbocycles. The van der Waals surface area contributed by atoms with Gasteiger partial charge in [0.15, 0.2) is 16.5 Å². The lowest BCUT2D eigenvalue weighted by atomic mass is 10.2. The van der Waals surface area contributed by atoms with E-state index in [0.29, 0.717) is 45.5 Å². The van der Waals surface area contributed by atoms with Gasteiger partial charge >= 0.3 is 0 Å². The molecule has 1 amide bonds. The zero-order chi connectivity index (χ0) is 20.4. The van der Waals surface area contributed by atoms with Crippen LogP contribution in [0, 0.1) is 6.92 Å². The van der Waals surface area contributed by atoms with Gasteiger partial charge in [-0.05, 0) is 42.8 Å². The number of nitrogens with one attached hydrogen (secondary N) is 1. The van der Waals surface area contributed by atoms with Crippen molar-refractivity contribution < 1.29 is 14.3 Å². The molecule has 1 aliphatic rings. The molecular weight excluding hydrogens is 433 g/mol. The average Bonchev–Trinajstić information content (AvgIpc) is 3.20. The maximum atomic E-state index is 12.4. The van der Waals surface area contributed by atoms with Crippen molar-refractivity contribution in [2.45, 2.75) is 6.92 Å². The summed E-state index contributed by atoms with van der Waals surface area (Å²) in [4.78, 5) is 12.4. The number of anilines is 1. The maximum absolute atomic E-state index is 12.4. The van der Waals surface area contributed by atoms with E-state index in [1.165, 1.54) is 0 Å². The smallest absolute Gasteiger partial charge is 0.286 e. The number of halogens is 2. The molecule has 0 saturated heterocycles. The third-order valence-electron chi connectivity index (χ3n) is 4.05. The minimum atomic E-state index is -0.343. The van der Waals surface area contributed by atoms with Gasteiger partial charge in [0.05, 0.1) is 10.1 Å². The van der Waals surface area contributed by atoms with Crippen LogP contribution in [0.3, 0.4) is 0 Å². The van der Waals surface area contributed by atoms with E-state index in [-0.39, 0.29) is 10.9 Å². The zero-order valence-corrected chi connectivity index (χ0v) is 17.6. The first-order valence-electron chi connectivity index (χ1n) is 8.68. The first-order valence-corrected chi connectivity index (χ1v) is 10.2. The molecule has 0 spiro atoms. The molecule has 148 valence electrons. The molecule has 1 N–H and O–H groups in total. The van der Waals surface area contributed by atoms with E-state index < -0.39 is 0 Å². The molecular formula is C20H15Cl2N3O3S. The molecule has 29 heavy (non-hydrogen) atoms. The van der Waals surface area contributed by atoms with E-state index in [9.17, 15) is 4.79 Å². The molecule has 4 rings (SSSR count). The van der Waals surface area contributed by atoms with Gasteiger partial charge in [0, 0.05) is 5.69 Å². The lowest BCUT2D eigenvalue weighted by molar-refractivity contribution is 0.102. The van der Waals surface area contributed by atoms with Crippen molar-refractivity contribution in [3.63, 3.8) is 0 Å². The van der Waals surface area contributed by atoms with Crippen molar-refractivity contribution in [3.05, 3.63) is 62.6 Å². The van der Waals surface area contributed by atoms with Crippen molar-refractivity contribution in [1.29, 1.82) is 0 Å². The first kappa shape index (κ1) is 19.7. The quantitative estimate of drug-likeness (QED) is 0.590. The SMILES string of the molecule is Cc1ccc(NC(=O)c2nnc(/C(Cl)=C/c3cc(Cl)c4c(c3)OCCO4)s2)cc1. The number of carbonyl (C=O) groups is 1. The average molecular weight is 448 g/mol. The highest BCUT2D eigenvalue weighted by molar-refractivity contribution is 7.15. The second-order valence-corrected chi connectivity index (χ2v) is 8.04. The molecule has 0 bridgehead atoms. The van der Waals surface area contributed by atoms with E-state index in [0.717, 1.165) is 22.5 Å². The molecule has 6 nitrogen and oxygen atoms in total. The van der Waals surface area contributed by atoms with Crippen LogP contribution >= 0.6 is 34.5 Å². The van der Waals surface area contributed by atoms with Crippen molar-refractivity contribution in [1.82, 2.24) is 10.2 Å². The Hall–Kier alpha value is -2.61. The monoisotopic (exact) mass is 447 g/mol. The fourth-order valence-electron chi connectivity index (χ4n) is 2.66. The summed E-state index contributed by atoms with van der Waals surface area (Å²) >= 11 is 13.7. The number of ether oxygens (including phenoxy) is 2. The summed E-state index contributed by atoms with van der Waals surface area (Å²) in [5.41, 5.74) is 2.52. The molecule has 1 aliphatic heterocycles. The summed E-state index contributed by atoms with van der Waals surface area (Å²) in [6, 6.07) is 11.0. The molecule has 0 fully saturated rings. The molecule has 0 unspecified atom stereocenters. The highest BCUT2D eigenvalue weighted by Crippen LogP contribution is 2.39. The van der Waals surface area contributed by atoms with E-state index in [1.807, 2.05) is 31.2 Å². The summed E-state index contributed by atoms with van der Waals surface area (Å²) in [5.74, 6) is 0.747. The van der Waals surface area contributed by atoms with Gasteiger partial charge in [-0.1, -0.05) is 52.2 Å². The number of hydrogen-bond acceptors (Lipinski definition) is 6. The van der Waals surface area contributed by atoms with Crippen LogP contribution in [0.1, 0.15) is 25.9 Å². The van der Waals surface area contributed by atoms with Crippen molar-refractivity contribution in [3.8, 4) is 11.5 Å². The van der Waals surface area contributed by atoms with E-state index in [2.05, 4.69) is 15.5 Å². The van der Waals surface area contributed by atoms with Crippen LogP contribution in [0.25, 0.3) is 11.1 Å². The Balaban J connectivity index is 1.52. The van der Waals surface area contributed by atoms with Gasteiger partial charge in [-0.3, -0.25) is 4.79 Å². The summed E-state index contributed by atoms with van der Waals surface area (Å²) in [5, 5.41) is 12.2. The maximum Gasteiger partial charge on any atom is 0.286 e. The Morgan fingerprint density at radius 1 is 1.14 bits per heavy atom. The molecule has 1 aromatic heterocycles. The Morgan fingerprint density at radius 3 is 2.66 bits per heavy atom. The van der Waals surface area contributed by atoms with Crippen LogP contribution in [0.5, 0.6) is 11.5 Å². The number of amides is 1. The predicted molar refractivity (Wildman–Crippen MR) is 115 cm³/mol. The topological polar surface area (TPSA) is 73.3 Å². The zero-order valence-electron chi connectivity index (χ0n) is 15.2. The normalized spacial score (nSPS) is 13.3. The van der Waals surface area contributed by atoms with Crippen LogP contribution in [0.4, 0.5) is 5.69 Å². The second-order valence-electron chi connectivity index (χ2n) is 6.25. The molecule has 0 atom stereocenters. The van der Waals surface area contributed by atoms with Crippen LogP contribution < -0.4 is 14.8 Å². The number of rotatable bonds is 4. The number of aryl methyl sites for hydroxylation is 1. The van der Waals surface area contributed by atoms with Gasteiger partial charge in [-0.15, -0.1) is 10.2 Å². The van der Waals surface area contributed by atoms with Crippen molar-refractivity contribution in [2.24, 2.45) is 0 Å². The van der Waals surface area contributed by atoms with Crippen LogP contribution in [0.2, 0.25) is 5.02 Å². The second kappa shape index (κ2) is 8.41.